The van der Waals surface area contributed by atoms with Crippen LogP contribution < -0.4 is 11.1 Å². The maximum absolute atomic E-state index is 5.54. The zero-order chi connectivity index (χ0) is 8.53. The highest BCUT2D eigenvalue weighted by atomic mass is 35.5. The average Bonchev–Trinajstić information content (AvgIpc) is 2.01. The summed E-state index contributed by atoms with van der Waals surface area (Å²) in [7, 11) is 0. The second-order valence-electron chi connectivity index (χ2n) is 2.55. The average molecular weight is 194 g/mol. The number of unbranched alkanes of at least 4 members (excludes halogenated alkanes) is 1. The number of guanidine groups is 1. The molecule has 0 fully saturated rings. The molecule has 0 aromatic rings. The minimum atomic E-state index is 0. The summed E-state index contributed by atoms with van der Waals surface area (Å²) in [5.74, 6) is 0.584. The lowest BCUT2D eigenvalue weighted by Gasteiger charge is -2.02. The summed E-state index contributed by atoms with van der Waals surface area (Å²) in [5, 5.41) is 3.05. The fourth-order valence-electron chi connectivity index (χ4n) is 0.681. The van der Waals surface area contributed by atoms with Crippen LogP contribution >= 0.6 is 12.4 Å². The van der Waals surface area contributed by atoms with Crippen molar-refractivity contribution in [2.45, 2.75) is 33.1 Å². The van der Waals surface area contributed by atoms with Crippen molar-refractivity contribution in [1.29, 1.82) is 0 Å². The number of rotatable bonds is 5. The Hall–Kier alpha value is -0.440. The van der Waals surface area contributed by atoms with Crippen molar-refractivity contribution in [1.82, 2.24) is 5.32 Å². The van der Waals surface area contributed by atoms with Crippen molar-refractivity contribution in [3.8, 4) is 0 Å². The first kappa shape index (κ1) is 14.1. The minimum Gasteiger partial charge on any atom is -0.370 e. The summed E-state index contributed by atoms with van der Waals surface area (Å²) in [6.07, 6.45) is 3.40. The van der Waals surface area contributed by atoms with Crippen molar-refractivity contribution < 1.29 is 0 Å². The third-order valence-corrected chi connectivity index (χ3v) is 1.34. The molecule has 0 radical (unpaired) electrons. The molecule has 0 aliphatic rings. The van der Waals surface area contributed by atoms with Gasteiger partial charge in [-0.15, -0.1) is 12.4 Å². The molecule has 4 heteroatoms. The number of nitrogens with zero attached hydrogens (tertiary/aromatic N) is 1. The van der Waals surface area contributed by atoms with Crippen LogP contribution in [0.1, 0.15) is 33.1 Å². The second kappa shape index (κ2) is 10.6. The van der Waals surface area contributed by atoms with Gasteiger partial charge in [-0.1, -0.05) is 20.3 Å². The fraction of sp³-hybridized carbons (Fsp3) is 0.875. The Morgan fingerprint density at radius 2 is 2.00 bits per heavy atom. The van der Waals surface area contributed by atoms with Gasteiger partial charge in [-0.25, -0.2) is 0 Å². The molecule has 0 heterocycles. The topological polar surface area (TPSA) is 50.4 Å². The highest BCUT2D eigenvalue weighted by Crippen LogP contribution is 1.82. The Labute approximate surface area is 81.2 Å². The van der Waals surface area contributed by atoms with Crippen molar-refractivity contribution in [2.24, 2.45) is 10.7 Å². The van der Waals surface area contributed by atoms with Gasteiger partial charge in [0.1, 0.15) is 0 Å². The van der Waals surface area contributed by atoms with E-state index in [1.807, 2.05) is 0 Å². The number of halogens is 1. The van der Waals surface area contributed by atoms with Crippen LogP contribution in [0.25, 0.3) is 0 Å². The first-order chi connectivity index (χ1) is 5.31. The van der Waals surface area contributed by atoms with E-state index in [2.05, 4.69) is 24.2 Å². The van der Waals surface area contributed by atoms with Gasteiger partial charge in [0.05, 0.1) is 0 Å². The largest absolute Gasteiger partial charge is 0.370 e. The third kappa shape index (κ3) is 9.56. The van der Waals surface area contributed by atoms with Crippen LogP contribution in [0.15, 0.2) is 4.99 Å². The number of hydrogen-bond donors (Lipinski definition) is 2. The van der Waals surface area contributed by atoms with Crippen LogP contribution in [0, 0.1) is 0 Å². The standard InChI is InChI=1S/C8H19N3.ClH/c1-3-5-7-11-8(9)10-6-4-2;/h3-7H2,1-2H3,(H3,9,10,11);1H. The Morgan fingerprint density at radius 3 is 2.50 bits per heavy atom. The van der Waals surface area contributed by atoms with Gasteiger partial charge in [0.25, 0.3) is 0 Å². The summed E-state index contributed by atoms with van der Waals surface area (Å²) >= 11 is 0. The first-order valence-electron chi connectivity index (χ1n) is 4.35. The van der Waals surface area contributed by atoms with Crippen LogP contribution in [0.3, 0.4) is 0 Å². The fourth-order valence-corrected chi connectivity index (χ4v) is 0.681. The van der Waals surface area contributed by atoms with Gasteiger partial charge in [0.2, 0.25) is 0 Å². The Morgan fingerprint density at radius 1 is 1.33 bits per heavy atom. The Kier molecular flexibility index (Phi) is 12.4. The first-order valence-corrected chi connectivity index (χ1v) is 4.35. The van der Waals surface area contributed by atoms with E-state index in [0.29, 0.717) is 5.96 Å². The van der Waals surface area contributed by atoms with Gasteiger partial charge < -0.3 is 11.1 Å². The molecule has 0 aliphatic heterocycles. The molecule has 0 atom stereocenters. The zero-order valence-electron chi connectivity index (χ0n) is 7.97. The molecular formula is C8H20ClN3. The van der Waals surface area contributed by atoms with Crippen LogP contribution in [-0.2, 0) is 0 Å². The highest BCUT2D eigenvalue weighted by molar-refractivity contribution is 5.85. The summed E-state index contributed by atoms with van der Waals surface area (Å²) in [5.41, 5.74) is 5.54. The minimum absolute atomic E-state index is 0. The van der Waals surface area contributed by atoms with E-state index >= 15 is 0 Å². The Balaban J connectivity index is 0. The highest BCUT2D eigenvalue weighted by Gasteiger charge is 1.87. The quantitative estimate of drug-likeness (QED) is 0.395. The maximum atomic E-state index is 5.54. The lowest BCUT2D eigenvalue weighted by atomic mass is 10.3. The lowest BCUT2D eigenvalue weighted by Crippen LogP contribution is -2.32. The maximum Gasteiger partial charge on any atom is 0.188 e. The molecule has 0 aromatic carbocycles. The summed E-state index contributed by atoms with van der Waals surface area (Å²) < 4.78 is 0. The van der Waals surface area contributed by atoms with E-state index in [1.54, 1.807) is 0 Å². The molecule has 74 valence electrons. The summed E-state index contributed by atoms with van der Waals surface area (Å²) in [6, 6.07) is 0. The van der Waals surface area contributed by atoms with Gasteiger partial charge in [0.15, 0.2) is 5.96 Å². The third-order valence-electron chi connectivity index (χ3n) is 1.34. The summed E-state index contributed by atoms with van der Waals surface area (Å²) in [4.78, 5) is 4.10. The molecule has 12 heavy (non-hydrogen) atoms. The van der Waals surface area contributed by atoms with Gasteiger partial charge >= 0.3 is 0 Å². The van der Waals surface area contributed by atoms with Gasteiger partial charge in [-0.05, 0) is 12.8 Å². The molecule has 0 unspecified atom stereocenters. The van der Waals surface area contributed by atoms with E-state index in [9.17, 15) is 0 Å². The molecule has 0 saturated carbocycles. The monoisotopic (exact) mass is 193 g/mol. The smallest absolute Gasteiger partial charge is 0.188 e. The number of nitrogens with two attached hydrogens (primary N) is 1. The van der Waals surface area contributed by atoms with Gasteiger partial charge in [0, 0.05) is 13.1 Å². The van der Waals surface area contributed by atoms with E-state index in [-0.39, 0.29) is 12.4 Å². The molecule has 0 aliphatic carbocycles. The van der Waals surface area contributed by atoms with Gasteiger partial charge in [-0.2, -0.15) is 0 Å². The van der Waals surface area contributed by atoms with E-state index in [1.165, 1.54) is 6.42 Å². The van der Waals surface area contributed by atoms with Crippen molar-refractivity contribution in [3.05, 3.63) is 0 Å². The molecule has 0 saturated heterocycles. The molecule has 3 N–H and O–H groups in total. The van der Waals surface area contributed by atoms with E-state index in [4.69, 9.17) is 5.73 Å². The Bertz CT molecular complexity index is 115. The van der Waals surface area contributed by atoms with Crippen LogP contribution in [0.5, 0.6) is 0 Å². The van der Waals surface area contributed by atoms with Crippen LogP contribution in [-0.4, -0.2) is 19.0 Å². The molecule has 0 spiro atoms. The predicted octanol–water partition coefficient (Wildman–Crippen LogP) is 1.52. The number of nitrogens with one attached hydrogen (secondary N) is 1. The number of hydrogen-bond acceptors (Lipinski definition) is 1. The summed E-state index contributed by atoms with van der Waals surface area (Å²) in [6.45, 7) is 6.00. The molecule has 0 bridgehead atoms. The normalized spacial score (nSPS) is 10.7. The SMILES string of the molecule is CCCCNC(N)=NCCC.Cl. The van der Waals surface area contributed by atoms with Crippen LogP contribution in [0.4, 0.5) is 0 Å². The number of aliphatic imine (C=N–C) groups is 1. The second-order valence-corrected chi connectivity index (χ2v) is 2.55. The van der Waals surface area contributed by atoms with Crippen LogP contribution in [0.2, 0.25) is 0 Å². The van der Waals surface area contributed by atoms with Gasteiger partial charge in [-0.3, -0.25) is 4.99 Å². The predicted molar refractivity (Wildman–Crippen MR) is 56.9 cm³/mol. The zero-order valence-corrected chi connectivity index (χ0v) is 8.78. The molecule has 3 nitrogen and oxygen atoms in total. The lowest BCUT2D eigenvalue weighted by molar-refractivity contribution is 0.747. The molecule has 0 aromatic heterocycles. The molecular weight excluding hydrogens is 174 g/mol. The van der Waals surface area contributed by atoms with Crippen molar-refractivity contribution >= 4 is 18.4 Å². The van der Waals surface area contributed by atoms with Crippen molar-refractivity contribution in [2.75, 3.05) is 13.1 Å². The molecule has 0 amide bonds. The van der Waals surface area contributed by atoms with Crippen molar-refractivity contribution in [3.63, 3.8) is 0 Å². The van der Waals surface area contributed by atoms with E-state index in [0.717, 1.165) is 25.9 Å². The molecule has 0 rings (SSSR count). The van der Waals surface area contributed by atoms with E-state index < -0.39 is 0 Å².